The van der Waals surface area contributed by atoms with E-state index < -0.39 is 0 Å². The lowest BCUT2D eigenvalue weighted by molar-refractivity contribution is 0.398. The van der Waals surface area contributed by atoms with Gasteiger partial charge in [-0.1, -0.05) is 468 Å². The highest BCUT2D eigenvalue weighted by atomic mass is 14.5. The lowest BCUT2D eigenvalue weighted by Gasteiger charge is -2.33. The van der Waals surface area contributed by atoms with Crippen LogP contribution in [0.3, 0.4) is 0 Å². The summed E-state index contributed by atoms with van der Waals surface area (Å²) in [4.78, 5) is 0. The number of hydrogen-bond acceptors (Lipinski definition) is 0. The van der Waals surface area contributed by atoms with Gasteiger partial charge < -0.3 is 0 Å². The summed E-state index contributed by atoms with van der Waals surface area (Å²) in [6, 6.07) is 91.3. The van der Waals surface area contributed by atoms with Crippen molar-refractivity contribution in [1.29, 1.82) is 0 Å². The lowest BCUT2D eigenvalue weighted by atomic mass is 9.69. The van der Waals surface area contributed by atoms with Gasteiger partial charge in [-0.25, -0.2) is 0 Å². The van der Waals surface area contributed by atoms with E-state index in [9.17, 15) is 0 Å². The van der Waals surface area contributed by atoms with Gasteiger partial charge in [-0.2, -0.15) is 0 Å². The fourth-order valence-corrected chi connectivity index (χ4v) is 23.0. The van der Waals surface area contributed by atoms with Crippen LogP contribution >= 0.6 is 0 Å². The molecule has 626 valence electrons. The maximum atomic E-state index is 2.68. The molecule has 0 heterocycles. The monoisotopic (exact) mass is 1590 g/mol. The van der Waals surface area contributed by atoms with E-state index in [2.05, 4.69) is 287 Å². The maximum Gasteiger partial charge on any atom is 0.0215 e. The van der Waals surface area contributed by atoms with Gasteiger partial charge in [0.05, 0.1) is 0 Å². The summed E-state index contributed by atoms with van der Waals surface area (Å²) in [5.74, 6) is 0. The normalized spacial score (nSPS) is 15.1. The largest absolute Gasteiger partial charge is 0.0654 e. The number of unbranched alkanes of at least 4 members (excludes halogenated alkanes) is 29. The topological polar surface area (TPSA) is 0 Å². The zero-order valence-electron chi connectivity index (χ0n) is 75.9. The molecular formula is C120H146. The molecule has 0 radical (unpaired) electrons. The third kappa shape index (κ3) is 18.4. The Balaban J connectivity index is 0.713. The molecule has 0 fully saturated rings. The minimum Gasteiger partial charge on any atom is -0.0654 e. The molecule has 4 aliphatic rings. The molecule has 0 spiro atoms. The predicted molar refractivity (Wildman–Crippen MR) is 523 cm³/mol. The van der Waals surface area contributed by atoms with Gasteiger partial charge in [-0.05, 0) is 244 Å². The second kappa shape index (κ2) is 40.6. The first-order chi connectivity index (χ1) is 58.9. The molecule has 0 aromatic heterocycles. The Morgan fingerprint density at radius 3 is 0.592 bits per heavy atom. The molecule has 11 aromatic carbocycles. The highest BCUT2D eigenvalue weighted by Gasteiger charge is 2.46. The lowest BCUT2D eigenvalue weighted by Crippen LogP contribution is -2.25. The molecule has 15 rings (SSSR count). The van der Waals surface area contributed by atoms with Gasteiger partial charge in [0.1, 0.15) is 0 Å². The summed E-state index contributed by atoms with van der Waals surface area (Å²) in [5, 5.41) is 0. The Bertz CT molecular complexity index is 5150. The van der Waals surface area contributed by atoms with Gasteiger partial charge in [0.2, 0.25) is 0 Å². The molecule has 4 aliphatic carbocycles. The predicted octanol–water partition coefficient (Wildman–Crippen LogP) is 37.2. The van der Waals surface area contributed by atoms with E-state index in [1.54, 1.807) is 33.4 Å². The third-order valence-corrected chi connectivity index (χ3v) is 30.0. The van der Waals surface area contributed by atoms with Crippen LogP contribution in [0.25, 0.3) is 111 Å². The van der Waals surface area contributed by atoms with Crippen molar-refractivity contribution in [2.24, 2.45) is 0 Å². The number of aryl methyl sites for hydroxylation is 1. The van der Waals surface area contributed by atoms with E-state index in [-0.39, 0.29) is 21.7 Å². The van der Waals surface area contributed by atoms with Crippen LogP contribution in [0.2, 0.25) is 0 Å². The first-order valence-electron chi connectivity index (χ1n) is 49.3. The average Bonchev–Trinajstić information content (AvgIpc) is 1.58. The molecule has 0 amide bonds. The van der Waals surface area contributed by atoms with Gasteiger partial charge in [-0.3, -0.25) is 0 Å². The van der Waals surface area contributed by atoms with Gasteiger partial charge in [0.25, 0.3) is 0 Å². The van der Waals surface area contributed by atoms with Crippen molar-refractivity contribution in [3.8, 4) is 111 Å². The van der Waals surface area contributed by atoms with Gasteiger partial charge in [0, 0.05) is 21.7 Å². The van der Waals surface area contributed by atoms with Crippen LogP contribution in [0.5, 0.6) is 0 Å². The van der Waals surface area contributed by atoms with E-state index in [1.807, 2.05) is 0 Å². The molecular weight excluding hydrogens is 1440 g/mol. The van der Waals surface area contributed by atoms with Crippen molar-refractivity contribution >= 4 is 0 Å². The van der Waals surface area contributed by atoms with Crippen molar-refractivity contribution < 1.29 is 0 Å². The molecule has 0 N–H and O–H groups in total. The van der Waals surface area contributed by atoms with E-state index >= 15 is 0 Å². The molecule has 0 heteroatoms. The van der Waals surface area contributed by atoms with E-state index in [1.165, 1.54) is 391 Å². The van der Waals surface area contributed by atoms with E-state index in [0.29, 0.717) is 0 Å². The number of rotatable bonds is 47. The average molecular weight is 1590 g/mol. The zero-order chi connectivity index (χ0) is 82.9. The second-order valence-electron chi connectivity index (χ2n) is 38.5. The van der Waals surface area contributed by atoms with Crippen LogP contribution in [0.1, 0.15) is 369 Å². The molecule has 0 aliphatic heterocycles. The molecule has 0 saturated heterocycles. The summed E-state index contributed by atoms with van der Waals surface area (Å²) < 4.78 is 0. The van der Waals surface area contributed by atoms with Crippen molar-refractivity contribution in [3.63, 3.8) is 0 Å². The van der Waals surface area contributed by atoms with Crippen LogP contribution in [-0.2, 0) is 21.7 Å². The summed E-state index contributed by atoms with van der Waals surface area (Å²) in [6.45, 7) is 21.3. The fraction of sp³-hybridized carbons (Fsp3) is 0.450. The second-order valence-corrected chi connectivity index (χ2v) is 38.5. The molecule has 0 nitrogen and oxygen atoms in total. The first kappa shape index (κ1) is 86.4. The minimum atomic E-state index is -0.159. The standard InChI is InChI=1S/C120H146/c1-10-16-22-28-34-42-75-118(76-43-35-29-23-17-11-2)109-48-40-39-47-101(109)104-74-67-100(87-112(104)118)99-66-69-103-102-68-61-94(81-110(102)117(8,9)111(103)82-99)90-53-55-91(56-54-90)96-63-72-107-108-73-65-98(86-116(108)120(115(107)85-96,79-45-37-31-25-19-13-4)80-46-38-32-26-20-14-5)93-59-57-92(58-60-93)97-64-71-106-105-70-62-95(89-51-49-88(7)50-52-89)83-113(105)119(114(106)84-97,77-41-33-27-21-15-6)78-44-36-30-24-18-12-3/h39-40,47-74,81-87H,10-38,41-46,75-80H2,1-9H3. The minimum absolute atomic E-state index is 0.0135. The smallest absolute Gasteiger partial charge is 0.0215 e. The van der Waals surface area contributed by atoms with Crippen LogP contribution in [0.15, 0.2) is 224 Å². The van der Waals surface area contributed by atoms with E-state index in [4.69, 9.17) is 0 Å². The molecule has 1 atom stereocenters. The van der Waals surface area contributed by atoms with Crippen molar-refractivity contribution in [3.05, 3.63) is 275 Å². The van der Waals surface area contributed by atoms with Crippen molar-refractivity contribution in [2.75, 3.05) is 0 Å². The highest BCUT2D eigenvalue weighted by Crippen LogP contribution is 2.60. The van der Waals surface area contributed by atoms with Crippen LogP contribution < -0.4 is 0 Å². The molecule has 0 bridgehead atoms. The van der Waals surface area contributed by atoms with Crippen LogP contribution in [0, 0.1) is 6.92 Å². The Morgan fingerprint density at radius 1 is 0.167 bits per heavy atom. The summed E-state index contributed by atoms with van der Waals surface area (Å²) in [6.07, 6.45) is 53.4. The quantitative estimate of drug-likeness (QED) is 0.0334. The zero-order valence-corrected chi connectivity index (χ0v) is 75.9. The van der Waals surface area contributed by atoms with Crippen molar-refractivity contribution in [1.82, 2.24) is 0 Å². The number of fused-ring (bicyclic) bond motifs is 12. The highest BCUT2D eigenvalue weighted by molar-refractivity contribution is 5.91. The molecule has 120 heavy (non-hydrogen) atoms. The maximum absolute atomic E-state index is 2.68. The van der Waals surface area contributed by atoms with Gasteiger partial charge in [-0.15, -0.1) is 0 Å². The first-order valence-corrected chi connectivity index (χ1v) is 49.3. The van der Waals surface area contributed by atoms with Gasteiger partial charge in [0.15, 0.2) is 0 Å². The summed E-state index contributed by atoms with van der Waals surface area (Å²) >= 11 is 0. The summed E-state index contributed by atoms with van der Waals surface area (Å²) in [7, 11) is 0. The fourth-order valence-electron chi connectivity index (χ4n) is 23.0. The Morgan fingerprint density at radius 2 is 0.342 bits per heavy atom. The number of hydrogen-bond donors (Lipinski definition) is 0. The van der Waals surface area contributed by atoms with Crippen LogP contribution in [-0.4, -0.2) is 0 Å². The van der Waals surface area contributed by atoms with Crippen LogP contribution in [0.4, 0.5) is 0 Å². The van der Waals surface area contributed by atoms with E-state index in [0.717, 1.165) is 0 Å². The summed E-state index contributed by atoms with van der Waals surface area (Å²) in [5.41, 5.74) is 40.9. The molecule has 0 saturated carbocycles. The third-order valence-electron chi connectivity index (χ3n) is 30.0. The molecule has 1 unspecified atom stereocenters. The Labute approximate surface area is 728 Å². The Hall–Kier alpha value is -8.58. The number of benzene rings is 11. The van der Waals surface area contributed by atoms with Gasteiger partial charge >= 0.3 is 0 Å². The SMILES string of the molecule is CCCCCCCCC1(CCCCCCC)c2cc(-c3ccc(C)cc3)ccc2-c2ccc(-c3ccc(-c4ccc5c(c4)C(CCCCCCCC)(CCCCCCCC)c4cc(-c6ccc(-c7ccc8c(c7)C(C)(C)c7cc(-c9ccc%10c(c9)C(CCCCCCCC)(CCCCCCCC)c9ccccc9-%10)ccc7-8)cc6)ccc4-5)cc3)cc21. The molecule has 11 aromatic rings. The van der Waals surface area contributed by atoms with Crippen molar-refractivity contribution in [2.45, 2.75) is 347 Å². The Kier molecular flexibility index (Phi) is 29.2.